The van der Waals surface area contributed by atoms with Gasteiger partial charge in [0.15, 0.2) is 0 Å². The minimum absolute atomic E-state index is 0.328. The lowest BCUT2D eigenvalue weighted by Gasteiger charge is -2.12. The normalized spacial score (nSPS) is 12.7. The van der Waals surface area contributed by atoms with Gasteiger partial charge in [0.05, 0.1) is 0 Å². The van der Waals surface area contributed by atoms with E-state index in [-0.39, 0.29) is 0 Å². The first-order valence-corrected chi connectivity index (χ1v) is 7.45. The fraction of sp³-hybridized carbons (Fsp3) is 0.647. The summed E-state index contributed by atoms with van der Waals surface area (Å²) in [6.07, 6.45) is 8.86. The lowest BCUT2D eigenvalue weighted by atomic mass is 9.98. The van der Waals surface area contributed by atoms with Gasteiger partial charge in [-0.3, -0.25) is 0 Å². The van der Waals surface area contributed by atoms with Crippen LogP contribution in [-0.4, -0.2) is 6.04 Å². The fourth-order valence-corrected chi connectivity index (χ4v) is 2.35. The van der Waals surface area contributed by atoms with Gasteiger partial charge >= 0.3 is 0 Å². The van der Waals surface area contributed by atoms with Gasteiger partial charge in [-0.25, -0.2) is 0 Å². The molecule has 18 heavy (non-hydrogen) atoms. The average Bonchev–Trinajstić information content (AvgIpc) is 2.34. The quantitative estimate of drug-likeness (QED) is 0.671. The lowest BCUT2D eigenvalue weighted by Crippen LogP contribution is -2.22. The van der Waals surface area contributed by atoms with E-state index in [1.165, 1.54) is 48.8 Å². The molecule has 0 radical (unpaired) electrons. The highest BCUT2D eigenvalue weighted by molar-refractivity contribution is 5.30. The van der Waals surface area contributed by atoms with Crippen LogP contribution in [0.25, 0.3) is 0 Å². The van der Waals surface area contributed by atoms with Gasteiger partial charge in [-0.2, -0.15) is 0 Å². The van der Waals surface area contributed by atoms with Gasteiger partial charge in [-0.05, 0) is 43.4 Å². The second-order valence-corrected chi connectivity index (χ2v) is 5.59. The molecule has 2 N–H and O–H groups in total. The maximum atomic E-state index is 6.21. The number of rotatable bonds is 8. The summed E-state index contributed by atoms with van der Waals surface area (Å²) in [5.41, 5.74) is 10.3. The molecule has 0 aliphatic rings. The van der Waals surface area contributed by atoms with E-state index in [0.29, 0.717) is 6.04 Å². The van der Waals surface area contributed by atoms with E-state index in [9.17, 15) is 0 Å². The third-order valence-corrected chi connectivity index (χ3v) is 3.75. The van der Waals surface area contributed by atoms with E-state index >= 15 is 0 Å². The maximum absolute atomic E-state index is 6.21. The van der Waals surface area contributed by atoms with Crippen LogP contribution in [0.3, 0.4) is 0 Å². The molecule has 0 amide bonds. The number of hydrogen-bond acceptors (Lipinski definition) is 1. The standard InChI is InChI=1S/C17H29N/c1-4-5-6-7-8-9-17(18)13-16-11-10-14(2)15(3)12-16/h10-12,17H,4-9,13,18H2,1-3H3. The third kappa shape index (κ3) is 5.68. The average molecular weight is 247 g/mol. The lowest BCUT2D eigenvalue weighted by molar-refractivity contribution is 0.538. The van der Waals surface area contributed by atoms with Crippen LogP contribution in [0.15, 0.2) is 18.2 Å². The van der Waals surface area contributed by atoms with Crippen molar-refractivity contribution >= 4 is 0 Å². The monoisotopic (exact) mass is 247 g/mol. The van der Waals surface area contributed by atoms with Crippen LogP contribution >= 0.6 is 0 Å². The van der Waals surface area contributed by atoms with Crippen molar-refractivity contribution < 1.29 is 0 Å². The molecule has 1 unspecified atom stereocenters. The highest BCUT2D eigenvalue weighted by atomic mass is 14.6. The summed E-state index contributed by atoms with van der Waals surface area (Å²) in [6, 6.07) is 7.04. The molecule has 0 bridgehead atoms. The Kier molecular flexibility index (Phi) is 7.04. The van der Waals surface area contributed by atoms with Crippen LogP contribution in [0, 0.1) is 13.8 Å². The van der Waals surface area contributed by atoms with Crippen molar-refractivity contribution in [2.45, 2.75) is 71.8 Å². The summed E-state index contributed by atoms with van der Waals surface area (Å²) in [4.78, 5) is 0. The molecule has 1 aromatic carbocycles. The Balaban J connectivity index is 2.26. The van der Waals surface area contributed by atoms with Crippen LogP contribution in [-0.2, 0) is 6.42 Å². The second kappa shape index (κ2) is 8.31. The van der Waals surface area contributed by atoms with Crippen LogP contribution in [0.1, 0.15) is 62.1 Å². The van der Waals surface area contributed by atoms with E-state index in [1.807, 2.05) is 0 Å². The molecule has 0 heterocycles. The van der Waals surface area contributed by atoms with Crippen molar-refractivity contribution in [1.82, 2.24) is 0 Å². The minimum atomic E-state index is 0.328. The number of hydrogen-bond donors (Lipinski definition) is 1. The Hall–Kier alpha value is -0.820. The van der Waals surface area contributed by atoms with E-state index < -0.39 is 0 Å². The van der Waals surface area contributed by atoms with Crippen molar-refractivity contribution in [1.29, 1.82) is 0 Å². The number of nitrogens with two attached hydrogens (primary N) is 1. The van der Waals surface area contributed by atoms with Crippen molar-refractivity contribution in [3.05, 3.63) is 34.9 Å². The zero-order valence-corrected chi connectivity index (χ0v) is 12.3. The predicted octanol–water partition coefficient (Wildman–Crippen LogP) is 4.53. The molecule has 0 saturated heterocycles. The summed E-state index contributed by atoms with van der Waals surface area (Å²) >= 11 is 0. The first-order valence-electron chi connectivity index (χ1n) is 7.45. The van der Waals surface area contributed by atoms with Crippen molar-refractivity contribution in [2.24, 2.45) is 5.73 Å². The SMILES string of the molecule is CCCCCCCC(N)Cc1ccc(C)c(C)c1. The van der Waals surface area contributed by atoms with E-state index in [1.54, 1.807) is 0 Å². The van der Waals surface area contributed by atoms with Crippen molar-refractivity contribution in [3.63, 3.8) is 0 Å². The Morgan fingerprint density at radius 3 is 2.39 bits per heavy atom. The maximum Gasteiger partial charge on any atom is 0.00793 e. The van der Waals surface area contributed by atoms with Gasteiger partial charge in [-0.15, -0.1) is 0 Å². The molecule has 0 fully saturated rings. The van der Waals surface area contributed by atoms with Gasteiger partial charge in [0.2, 0.25) is 0 Å². The molecule has 0 aliphatic heterocycles. The summed E-state index contributed by atoms with van der Waals surface area (Å²) in [5.74, 6) is 0. The number of benzene rings is 1. The molecule has 0 aliphatic carbocycles. The predicted molar refractivity (Wildman–Crippen MR) is 81.0 cm³/mol. The molecule has 0 aromatic heterocycles. The van der Waals surface area contributed by atoms with Gasteiger partial charge in [0.1, 0.15) is 0 Å². The van der Waals surface area contributed by atoms with Crippen LogP contribution in [0.5, 0.6) is 0 Å². The first kappa shape index (κ1) is 15.2. The van der Waals surface area contributed by atoms with Gasteiger partial charge in [-0.1, -0.05) is 57.2 Å². The zero-order chi connectivity index (χ0) is 13.4. The van der Waals surface area contributed by atoms with Crippen LogP contribution in [0.4, 0.5) is 0 Å². The summed E-state index contributed by atoms with van der Waals surface area (Å²) < 4.78 is 0. The minimum Gasteiger partial charge on any atom is -0.327 e. The van der Waals surface area contributed by atoms with Gasteiger partial charge < -0.3 is 5.73 Å². The molecule has 1 rings (SSSR count). The Labute approximate surface area is 113 Å². The first-order chi connectivity index (χ1) is 8.63. The molecule has 1 atom stereocenters. The molecule has 0 saturated carbocycles. The molecular weight excluding hydrogens is 218 g/mol. The van der Waals surface area contributed by atoms with Gasteiger partial charge in [0.25, 0.3) is 0 Å². The van der Waals surface area contributed by atoms with Crippen LogP contribution < -0.4 is 5.73 Å². The molecule has 1 aromatic rings. The second-order valence-electron chi connectivity index (χ2n) is 5.59. The third-order valence-electron chi connectivity index (χ3n) is 3.75. The fourth-order valence-electron chi connectivity index (χ4n) is 2.35. The van der Waals surface area contributed by atoms with Crippen molar-refractivity contribution in [2.75, 3.05) is 0 Å². The smallest absolute Gasteiger partial charge is 0.00793 e. The molecular formula is C17H29N. The van der Waals surface area contributed by atoms with E-state index in [0.717, 1.165) is 12.8 Å². The topological polar surface area (TPSA) is 26.0 Å². The van der Waals surface area contributed by atoms with Crippen LogP contribution in [0.2, 0.25) is 0 Å². The highest BCUT2D eigenvalue weighted by Gasteiger charge is 2.05. The van der Waals surface area contributed by atoms with Gasteiger partial charge in [0, 0.05) is 6.04 Å². The largest absolute Gasteiger partial charge is 0.327 e. The number of unbranched alkanes of at least 4 members (excludes halogenated alkanes) is 4. The summed E-state index contributed by atoms with van der Waals surface area (Å²) in [6.45, 7) is 6.59. The van der Waals surface area contributed by atoms with Crippen molar-refractivity contribution in [3.8, 4) is 0 Å². The molecule has 1 heteroatoms. The number of aryl methyl sites for hydroxylation is 2. The summed E-state index contributed by atoms with van der Waals surface area (Å²) in [7, 11) is 0. The molecule has 1 nitrogen and oxygen atoms in total. The Bertz CT molecular complexity index is 343. The Morgan fingerprint density at radius 2 is 1.72 bits per heavy atom. The Morgan fingerprint density at radius 1 is 1.00 bits per heavy atom. The zero-order valence-electron chi connectivity index (χ0n) is 12.3. The van der Waals surface area contributed by atoms with E-state index in [4.69, 9.17) is 5.73 Å². The van der Waals surface area contributed by atoms with E-state index in [2.05, 4.69) is 39.0 Å². The highest BCUT2D eigenvalue weighted by Crippen LogP contribution is 2.13. The summed E-state index contributed by atoms with van der Waals surface area (Å²) in [5, 5.41) is 0. The molecule has 102 valence electrons. The molecule has 0 spiro atoms.